The van der Waals surface area contributed by atoms with Gasteiger partial charge in [-0.1, -0.05) is 0 Å². The zero-order valence-corrected chi connectivity index (χ0v) is 8.30. The van der Waals surface area contributed by atoms with E-state index < -0.39 is 0 Å². The number of phenols is 1. The molecule has 0 radical (unpaired) electrons. The molecule has 0 saturated carbocycles. The number of nitrogens with two attached hydrogens (primary N) is 1. The Morgan fingerprint density at radius 3 is 2.23 bits per heavy atom. The molecule has 0 atom stereocenters. The van der Waals surface area contributed by atoms with Gasteiger partial charge in [0, 0.05) is 0 Å². The molecule has 3 N–H and O–H groups in total. The highest BCUT2D eigenvalue weighted by atomic mass is 16.3. The molecule has 1 rings (SSSR count). The zero-order chi connectivity index (χ0) is 9.84. The van der Waals surface area contributed by atoms with E-state index in [0.717, 1.165) is 30.5 Å². The molecule has 1 aromatic rings. The topological polar surface area (TPSA) is 46.2 Å². The predicted octanol–water partition coefficient (Wildman–Crippen LogP) is 1.90. The summed E-state index contributed by atoms with van der Waals surface area (Å²) in [6.07, 6.45) is 2.01. The first kappa shape index (κ1) is 10.1. The molecule has 0 amide bonds. The standard InChI is InChI=1S/C11H17NO/c1-8-6-10(13)7-9(2)11(8)4-3-5-12/h6-7,13H,3-5,12H2,1-2H3. The quantitative estimate of drug-likeness (QED) is 0.744. The molecule has 0 aliphatic heterocycles. The SMILES string of the molecule is Cc1cc(O)cc(C)c1CCCN. The third-order valence-electron chi connectivity index (χ3n) is 2.31. The van der Waals surface area contributed by atoms with Gasteiger partial charge in [0.05, 0.1) is 0 Å². The second-order valence-corrected chi connectivity index (χ2v) is 3.45. The summed E-state index contributed by atoms with van der Waals surface area (Å²) in [5.74, 6) is 0.353. The van der Waals surface area contributed by atoms with Gasteiger partial charge in [-0.05, 0) is 62.1 Å². The Labute approximate surface area is 79.4 Å². The maximum absolute atomic E-state index is 9.32. The number of benzene rings is 1. The van der Waals surface area contributed by atoms with Crippen molar-refractivity contribution >= 4 is 0 Å². The predicted molar refractivity (Wildman–Crippen MR) is 55.0 cm³/mol. The highest BCUT2D eigenvalue weighted by Crippen LogP contribution is 2.21. The minimum atomic E-state index is 0.353. The van der Waals surface area contributed by atoms with Gasteiger partial charge in [-0.15, -0.1) is 0 Å². The lowest BCUT2D eigenvalue weighted by molar-refractivity contribution is 0.474. The van der Waals surface area contributed by atoms with Crippen molar-refractivity contribution in [1.29, 1.82) is 0 Å². The second-order valence-electron chi connectivity index (χ2n) is 3.45. The Balaban J connectivity index is 2.92. The number of phenolic OH excluding ortho intramolecular Hbond substituents is 1. The fourth-order valence-corrected chi connectivity index (χ4v) is 1.64. The van der Waals surface area contributed by atoms with Gasteiger partial charge in [-0.2, -0.15) is 0 Å². The van der Waals surface area contributed by atoms with Crippen molar-refractivity contribution in [2.45, 2.75) is 26.7 Å². The van der Waals surface area contributed by atoms with Crippen LogP contribution in [0.1, 0.15) is 23.1 Å². The van der Waals surface area contributed by atoms with Gasteiger partial charge in [0.15, 0.2) is 0 Å². The van der Waals surface area contributed by atoms with E-state index in [-0.39, 0.29) is 0 Å². The highest BCUT2D eigenvalue weighted by molar-refractivity contribution is 5.40. The lowest BCUT2D eigenvalue weighted by Gasteiger charge is -2.09. The summed E-state index contributed by atoms with van der Waals surface area (Å²) >= 11 is 0. The van der Waals surface area contributed by atoms with E-state index in [4.69, 9.17) is 5.73 Å². The minimum Gasteiger partial charge on any atom is -0.508 e. The molecule has 0 aromatic heterocycles. The lowest BCUT2D eigenvalue weighted by atomic mass is 9.98. The van der Waals surface area contributed by atoms with E-state index in [9.17, 15) is 5.11 Å². The molecule has 0 unspecified atom stereocenters. The van der Waals surface area contributed by atoms with Crippen molar-refractivity contribution in [1.82, 2.24) is 0 Å². The lowest BCUT2D eigenvalue weighted by Crippen LogP contribution is -2.02. The van der Waals surface area contributed by atoms with Crippen LogP contribution in [0.4, 0.5) is 0 Å². The summed E-state index contributed by atoms with van der Waals surface area (Å²) in [6.45, 7) is 4.77. The van der Waals surface area contributed by atoms with E-state index in [2.05, 4.69) is 0 Å². The maximum atomic E-state index is 9.32. The molecular weight excluding hydrogens is 162 g/mol. The average Bonchev–Trinajstić information content (AvgIpc) is 2.02. The molecule has 0 heterocycles. The van der Waals surface area contributed by atoms with Crippen LogP contribution in [0.15, 0.2) is 12.1 Å². The van der Waals surface area contributed by atoms with E-state index in [1.165, 1.54) is 5.56 Å². The van der Waals surface area contributed by atoms with E-state index >= 15 is 0 Å². The third-order valence-corrected chi connectivity index (χ3v) is 2.31. The van der Waals surface area contributed by atoms with Crippen molar-refractivity contribution in [2.24, 2.45) is 5.73 Å². The van der Waals surface area contributed by atoms with Crippen LogP contribution in [0.25, 0.3) is 0 Å². The molecule has 2 nitrogen and oxygen atoms in total. The first-order valence-corrected chi connectivity index (χ1v) is 4.64. The largest absolute Gasteiger partial charge is 0.508 e. The number of hydrogen-bond donors (Lipinski definition) is 2. The van der Waals surface area contributed by atoms with Crippen LogP contribution in [-0.4, -0.2) is 11.7 Å². The fourth-order valence-electron chi connectivity index (χ4n) is 1.64. The fraction of sp³-hybridized carbons (Fsp3) is 0.455. The van der Waals surface area contributed by atoms with Gasteiger partial charge in [-0.3, -0.25) is 0 Å². The first-order valence-electron chi connectivity index (χ1n) is 4.64. The van der Waals surface area contributed by atoms with Crippen molar-refractivity contribution in [3.8, 4) is 5.75 Å². The molecule has 13 heavy (non-hydrogen) atoms. The average molecular weight is 179 g/mol. The molecular formula is C11H17NO. The minimum absolute atomic E-state index is 0.353. The Morgan fingerprint density at radius 2 is 1.77 bits per heavy atom. The molecule has 0 fully saturated rings. The van der Waals surface area contributed by atoms with Crippen molar-refractivity contribution < 1.29 is 5.11 Å². The summed E-state index contributed by atoms with van der Waals surface area (Å²) in [4.78, 5) is 0. The summed E-state index contributed by atoms with van der Waals surface area (Å²) in [7, 11) is 0. The van der Waals surface area contributed by atoms with Gasteiger partial charge in [0.25, 0.3) is 0 Å². The van der Waals surface area contributed by atoms with E-state index in [1.807, 2.05) is 13.8 Å². The molecule has 0 aliphatic carbocycles. The van der Waals surface area contributed by atoms with Crippen molar-refractivity contribution in [2.75, 3.05) is 6.54 Å². The smallest absolute Gasteiger partial charge is 0.116 e. The van der Waals surface area contributed by atoms with Crippen molar-refractivity contribution in [3.05, 3.63) is 28.8 Å². The second kappa shape index (κ2) is 4.28. The zero-order valence-electron chi connectivity index (χ0n) is 8.30. The van der Waals surface area contributed by atoms with Crippen LogP contribution in [0.2, 0.25) is 0 Å². The number of rotatable bonds is 3. The van der Waals surface area contributed by atoms with Gasteiger partial charge < -0.3 is 10.8 Å². The summed E-state index contributed by atoms with van der Waals surface area (Å²) < 4.78 is 0. The molecule has 0 spiro atoms. The number of hydrogen-bond acceptors (Lipinski definition) is 2. The molecule has 0 aliphatic rings. The molecule has 0 bridgehead atoms. The first-order chi connectivity index (χ1) is 6.15. The summed E-state index contributed by atoms with van der Waals surface area (Å²) in [6, 6.07) is 3.61. The van der Waals surface area contributed by atoms with Gasteiger partial charge >= 0.3 is 0 Å². The monoisotopic (exact) mass is 179 g/mol. The van der Waals surface area contributed by atoms with E-state index in [0.29, 0.717) is 5.75 Å². The van der Waals surface area contributed by atoms with Gasteiger partial charge in [-0.25, -0.2) is 0 Å². The molecule has 2 heteroatoms. The Morgan fingerprint density at radius 1 is 1.23 bits per heavy atom. The van der Waals surface area contributed by atoms with Crippen molar-refractivity contribution in [3.63, 3.8) is 0 Å². The normalized spacial score (nSPS) is 10.4. The Kier molecular flexibility index (Phi) is 3.32. The van der Waals surface area contributed by atoms with E-state index in [1.54, 1.807) is 12.1 Å². The number of aryl methyl sites for hydroxylation is 2. The molecule has 72 valence electrons. The van der Waals surface area contributed by atoms with Crippen LogP contribution in [0.5, 0.6) is 5.75 Å². The van der Waals surface area contributed by atoms with Crippen LogP contribution in [0.3, 0.4) is 0 Å². The number of aromatic hydroxyl groups is 1. The third kappa shape index (κ3) is 2.46. The van der Waals surface area contributed by atoms with Gasteiger partial charge in [0.1, 0.15) is 5.75 Å². The van der Waals surface area contributed by atoms with Crippen LogP contribution in [-0.2, 0) is 6.42 Å². The summed E-state index contributed by atoms with van der Waals surface area (Å²) in [5.41, 5.74) is 9.10. The molecule has 1 aromatic carbocycles. The maximum Gasteiger partial charge on any atom is 0.116 e. The highest BCUT2D eigenvalue weighted by Gasteiger charge is 2.03. The molecule has 0 saturated heterocycles. The van der Waals surface area contributed by atoms with Crippen LogP contribution >= 0.6 is 0 Å². The van der Waals surface area contributed by atoms with Crippen LogP contribution in [0, 0.1) is 13.8 Å². The Bertz CT molecular complexity index is 271. The Hall–Kier alpha value is -1.02. The summed E-state index contributed by atoms with van der Waals surface area (Å²) in [5, 5.41) is 9.32. The van der Waals surface area contributed by atoms with Gasteiger partial charge in [0.2, 0.25) is 0 Å². The van der Waals surface area contributed by atoms with Crippen LogP contribution < -0.4 is 5.73 Å².